The van der Waals surface area contributed by atoms with E-state index < -0.39 is 30.1 Å². The summed E-state index contributed by atoms with van der Waals surface area (Å²) in [5.74, 6) is -0.411. The SMILES string of the molecule is COc1cc(CO)cc(I)c1O[C@H]1C=C(C(=O)NCCO)C[C@@H](N(Cc2ccc(Cl)c(Cl)c2)C(=O)C(C)C)[C@@H]1O. The molecule has 0 aromatic heterocycles. The van der Waals surface area contributed by atoms with E-state index in [4.69, 9.17) is 32.7 Å². The van der Waals surface area contributed by atoms with Gasteiger partial charge in [0.25, 0.3) is 0 Å². The van der Waals surface area contributed by atoms with Crippen molar-refractivity contribution in [2.45, 2.75) is 51.7 Å². The Morgan fingerprint density at radius 2 is 1.88 bits per heavy atom. The Hall–Kier alpha value is -2.09. The molecule has 0 saturated carbocycles. The molecule has 0 radical (unpaired) electrons. The second-order valence-electron chi connectivity index (χ2n) is 9.65. The molecule has 0 bridgehead atoms. The molecule has 2 aromatic rings. The summed E-state index contributed by atoms with van der Waals surface area (Å²) in [7, 11) is 1.46. The molecule has 0 fully saturated rings. The highest BCUT2D eigenvalue weighted by Gasteiger charge is 2.41. The lowest BCUT2D eigenvalue weighted by molar-refractivity contribution is -0.142. The number of hydrogen-bond acceptors (Lipinski definition) is 7. The van der Waals surface area contributed by atoms with Gasteiger partial charge < -0.3 is 35.0 Å². The number of aliphatic hydroxyl groups excluding tert-OH is 3. The van der Waals surface area contributed by atoms with Crippen LogP contribution in [0.4, 0.5) is 0 Å². The molecule has 3 atom stereocenters. The molecule has 1 aliphatic rings. The number of methoxy groups -OCH3 is 1. The van der Waals surface area contributed by atoms with Gasteiger partial charge in [-0.1, -0.05) is 43.1 Å². The summed E-state index contributed by atoms with van der Waals surface area (Å²) in [6.07, 6.45) is -0.679. The van der Waals surface area contributed by atoms with Gasteiger partial charge in [0.2, 0.25) is 11.8 Å². The van der Waals surface area contributed by atoms with Gasteiger partial charge in [0.05, 0.1) is 40.0 Å². The second-order valence-corrected chi connectivity index (χ2v) is 11.6. The van der Waals surface area contributed by atoms with Crippen LogP contribution < -0.4 is 14.8 Å². The van der Waals surface area contributed by atoms with Crippen molar-refractivity contribution in [3.8, 4) is 11.5 Å². The van der Waals surface area contributed by atoms with Gasteiger partial charge in [-0.05, 0) is 64.1 Å². The van der Waals surface area contributed by atoms with Crippen molar-refractivity contribution < 1.29 is 34.4 Å². The van der Waals surface area contributed by atoms with Crippen molar-refractivity contribution in [3.63, 3.8) is 0 Å². The smallest absolute Gasteiger partial charge is 0.247 e. The zero-order valence-corrected chi connectivity index (χ0v) is 26.0. The summed E-state index contributed by atoms with van der Waals surface area (Å²) in [6, 6.07) is 7.56. The van der Waals surface area contributed by atoms with Gasteiger partial charge in [-0.3, -0.25) is 9.59 Å². The first-order valence-electron chi connectivity index (χ1n) is 12.7. The molecule has 40 heavy (non-hydrogen) atoms. The van der Waals surface area contributed by atoms with Gasteiger partial charge in [0.1, 0.15) is 12.2 Å². The number of hydrogen-bond donors (Lipinski definition) is 4. The summed E-state index contributed by atoms with van der Waals surface area (Å²) in [6.45, 7) is 3.23. The minimum atomic E-state index is -1.22. The highest BCUT2D eigenvalue weighted by Crippen LogP contribution is 2.37. The minimum Gasteiger partial charge on any atom is -0.493 e. The molecule has 0 spiro atoms. The standard InChI is InChI=1S/C28H33Cl2IN2O7/c1-15(2)28(38)33(13-16-4-5-19(29)20(30)8-16)22-11-18(27(37)32-6-7-34)12-23(25(22)36)40-26-21(31)9-17(14-35)10-24(26)39-3/h4-5,8-10,12,15,22-23,25,34-36H,6-7,11,13-14H2,1-3H3,(H,32,37)/t22-,23+,25+/m1/s1. The first kappa shape index (κ1) is 32.4. The Bertz CT molecular complexity index is 1260. The van der Waals surface area contributed by atoms with Gasteiger partial charge in [-0.25, -0.2) is 0 Å². The highest BCUT2D eigenvalue weighted by atomic mass is 127. The predicted molar refractivity (Wildman–Crippen MR) is 160 cm³/mol. The summed E-state index contributed by atoms with van der Waals surface area (Å²) >= 11 is 14.4. The summed E-state index contributed by atoms with van der Waals surface area (Å²) in [5, 5.41) is 33.8. The van der Waals surface area contributed by atoms with Gasteiger partial charge in [-0.2, -0.15) is 0 Å². The normalized spacial score (nSPS) is 18.8. The summed E-state index contributed by atoms with van der Waals surface area (Å²) < 4.78 is 12.4. The fourth-order valence-electron chi connectivity index (χ4n) is 4.42. The Morgan fingerprint density at radius 3 is 2.48 bits per heavy atom. The zero-order chi connectivity index (χ0) is 29.6. The molecule has 4 N–H and O–H groups in total. The van der Waals surface area contributed by atoms with Crippen LogP contribution >= 0.6 is 45.8 Å². The van der Waals surface area contributed by atoms with E-state index in [2.05, 4.69) is 5.32 Å². The van der Waals surface area contributed by atoms with Crippen molar-refractivity contribution in [1.29, 1.82) is 0 Å². The average molecular weight is 707 g/mol. The fraction of sp³-hybridized carbons (Fsp3) is 0.429. The van der Waals surface area contributed by atoms with Crippen LogP contribution in [0, 0.1) is 9.49 Å². The summed E-state index contributed by atoms with van der Waals surface area (Å²) in [4.78, 5) is 28.1. The first-order chi connectivity index (χ1) is 19.0. The van der Waals surface area contributed by atoms with E-state index in [9.17, 15) is 24.9 Å². The van der Waals surface area contributed by atoms with Crippen molar-refractivity contribution in [2.24, 2.45) is 5.92 Å². The average Bonchev–Trinajstić information content (AvgIpc) is 2.93. The van der Waals surface area contributed by atoms with Crippen LogP contribution in [-0.4, -0.2) is 70.5 Å². The van der Waals surface area contributed by atoms with E-state index in [1.54, 1.807) is 44.2 Å². The van der Waals surface area contributed by atoms with E-state index >= 15 is 0 Å². The number of benzene rings is 2. The van der Waals surface area contributed by atoms with Crippen LogP contribution in [0.3, 0.4) is 0 Å². The van der Waals surface area contributed by atoms with Crippen LogP contribution in [0.1, 0.15) is 31.4 Å². The van der Waals surface area contributed by atoms with Crippen LogP contribution in [0.5, 0.6) is 11.5 Å². The van der Waals surface area contributed by atoms with Gasteiger partial charge in [0, 0.05) is 31.0 Å². The number of nitrogens with zero attached hydrogens (tertiary/aromatic N) is 1. The second kappa shape index (κ2) is 14.7. The van der Waals surface area contributed by atoms with E-state index in [-0.39, 0.29) is 38.6 Å². The monoisotopic (exact) mass is 706 g/mol. The number of carbonyl (C=O) groups is 2. The predicted octanol–water partition coefficient (Wildman–Crippen LogP) is 3.70. The number of carbonyl (C=O) groups excluding carboxylic acids is 2. The molecule has 9 nitrogen and oxygen atoms in total. The molecule has 2 amide bonds. The number of halogens is 3. The molecule has 0 heterocycles. The van der Waals surface area contributed by atoms with Gasteiger partial charge in [-0.15, -0.1) is 0 Å². The number of nitrogens with one attached hydrogen (secondary N) is 1. The van der Waals surface area contributed by atoms with Gasteiger partial charge >= 0.3 is 0 Å². The van der Waals surface area contributed by atoms with Crippen LogP contribution in [0.15, 0.2) is 42.0 Å². The molecule has 12 heteroatoms. The Morgan fingerprint density at radius 1 is 1.15 bits per heavy atom. The van der Waals surface area contributed by atoms with Gasteiger partial charge in [0.15, 0.2) is 11.5 Å². The maximum atomic E-state index is 13.5. The quantitative estimate of drug-likeness (QED) is 0.263. The number of rotatable bonds is 11. The van der Waals surface area contributed by atoms with Crippen LogP contribution in [0.2, 0.25) is 10.0 Å². The Balaban J connectivity index is 2.06. The molecule has 3 rings (SSSR count). The molecule has 2 aromatic carbocycles. The van der Waals surface area contributed by atoms with Crippen LogP contribution in [-0.2, 0) is 22.7 Å². The summed E-state index contributed by atoms with van der Waals surface area (Å²) in [5.41, 5.74) is 1.61. The third kappa shape index (κ3) is 7.80. The van der Waals surface area contributed by atoms with E-state index in [1.807, 2.05) is 22.6 Å². The largest absolute Gasteiger partial charge is 0.493 e. The number of aliphatic hydroxyl groups is 3. The molecule has 218 valence electrons. The first-order valence-corrected chi connectivity index (χ1v) is 14.5. The van der Waals surface area contributed by atoms with Crippen molar-refractivity contribution in [3.05, 3.63) is 66.7 Å². The number of amides is 2. The number of ether oxygens (including phenoxy) is 2. The molecule has 0 unspecified atom stereocenters. The molecular weight excluding hydrogens is 674 g/mol. The third-order valence-corrected chi connectivity index (χ3v) is 7.99. The minimum absolute atomic E-state index is 0.0428. The molecular formula is C28H33Cl2IN2O7. The lowest BCUT2D eigenvalue weighted by Crippen LogP contribution is -2.55. The molecule has 0 aliphatic heterocycles. The highest BCUT2D eigenvalue weighted by molar-refractivity contribution is 14.1. The zero-order valence-electron chi connectivity index (χ0n) is 22.4. The third-order valence-electron chi connectivity index (χ3n) is 6.45. The van der Waals surface area contributed by atoms with Crippen molar-refractivity contribution in [1.82, 2.24) is 10.2 Å². The van der Waals surface area contributed by atoms with Crippen molar-refractivity contribution in [2.75, 3.05) is 20.3 Å². The van der Waals surface area contributed by atoms with E-state index in [0.717, 1.165) is 0 Å². The lowest BCUT2D eigenvalue weighted by Gasteiger charge is -2.41. The lowest BCUT2D eigenvalue weighted by atomic mass is 9.87. The van der Waals surface area contributed by atoms with E-state index in [1.165, 1.54) is 18.1 Å². The topological polar surface area (TPSA) is 129 Å². The Kier molecular flexibility index (Phi) is 11.9. The maximum absolute atomic E-state index is 13.5. The van der Waals surface area contributed by atoms with Crippen molar-refractivity contribution >= 4 is 57.6 Å². The van der Waals surface area contributed by atoms with Crippen LogP contribution in [0.25, 0.3) is 0 Å². The fourth-order valence-corrected chi connectivity index (χ4v) is 5.53. The molecule has 1 aliphatic carbocycles. The molecule has 0 saturated heterocycles. The van der Waals surface area contributed by atoms with E-state index in [0.29, 0.717) is 41.8 Å². The Labute approximate surface area is 257 Å². The maximum Gasteiger partial charge on any atom is 0.247 e.